The topological polar surface area (TPSA) is 56.1 Å². The van der Waals surface area contributed by atoms with Gasteiger partial charge in [-0.1, -0.05) is 0 Å². The van der Waals surface area contributed by atoms with Gasteiger partial charge in [0.2, 0.25) is 5.91 Å². The van der Waals surface area contributed by atoms with Gasteiger partial charge in [0.1, 0.15) is 6.42 Å². The Morgan fingerprint density at radius 2 is 2.58 bits per heavy atom. The van der Waals surface area contributed by atoms with Crippen molar-refractivity contribution >= 4 is 5.91 Å². The van der Waals surface area contributed by atoms with Gasteiger partial charge in [-0.2, -0.15) is 5.26 Å². The molecule has 1 heterocycles. The lowest BCUT2D eigenvalue weighted by atomic mass is 10.2. The van der Waals surface area contributed by atoms with Crippen molar-refractivity contribution in [2.75, 3.05) is 13.2 Å². The van der Waals surface area contributed by atoms with Gasteiger partial charge in [0, 0.05) is 12.6 Å². The predicted octanol–water partition coefficient (Wildman–Crippen LogP) is 0.0680. The Morgan fingerprint density at radius 1 is 1.83 bits per heavy atom. The predicted molar refractivity (Wildman–Crippen MR) is 44.0 cm³/mol. The Morgan fingerprint density at radius 3 is 3.08 bits per heavy atom. The highest BCUT2D eigenvalue weighted by molar-refractivity contribution is 5.78. The summed E-state index contributed by atoms with van der Waals surface area (Å²) in [5, 5.41) is 11.5. The third-order valence-electron chi connectivity index (χ3n) is 2.05. The van der Waals surface area contributed by atoms with Crippen LogP contribution in [0.25, 0.3) is 0 Å². The second-order valence-corrected chi connectivity index (χ2v) is 3.04. The van der Waals surface area contributed by atoms with Crippen LogP contribution in [0.4, 0.5) is 0 Å². The van der Waals surface area contributed by atoms with Crippen molar-refractivity contribution in [2.24, 2.45) is 0 Å². The summed E-state index contributed by atoms with van der Waals surface area (Å²) >= 11 is 0. The molecule has 0 aromatic heterocycles. The molecular formula is C8H13N3O. The molecule has 66 valence electrons. The highest BCUT2D eigenvalue weighted by atomic mass is 16.2. The molecule has 0 aromatic rings. The van der Waals surface area contributed by atoms with Crippen molar-refractivity contribution in [2.45, 2.75) is 25.8 Å². The van der Waals surface area contributed by atoms with E-state index in [2.05, 4.69) is 12.2 Å². The number of amides is 1. The Kier molecular flexibility index (Phi) is 3.06. The Balaban J connectivity index is 2.35. The van der Waals surface area contributed by atoms with Crippen LogP contribution < -0.4 is 5.32 Å². The van der Waals surface area contributed by atoms with Gasteiger partial charge in [0.25, 0.3) is 0 Å². The van der Waals surface area contributed by atoms with Crippen molar-refractivity contribution in [1.82, 2.24) is 10.2 Å². The van der Waals surface area contributed by atoms with Crippen molar-refractivity contribution in [3.63, 3.8) is 0 Å². The Bertz CT molecular complexity index is 201. The minimum Gasteiger partial charge on any atom is -0.329 e. The van der Waals surface area contributed by atoms with Gasteiger partial charge in [-0.3, -0.25) is 10.1 Å². The fraction of sp³-hybridized carbons (Fsp3) is 0.750. The first-order chi connectivity index (χ1) is 5.74. The monoisotopic (exact) mass is 167 g/mol. The summed E-state index contributed by atoms with van der Waals surface area (Å²) in [5.41, 5.74) is 0. The molecule has 1 saturated heterocycles. The molecule has 0 unspecified atom stereocenters. The number of nitrogens with one attached hydrogen (secondary N) is 1. The molecule has 12 heavy (non-hydrogen) atoms. The summed E-state index contributed by atoms with van der Waals surface area (Å²) in [5.74, 6) is -0.0723. The van der Waals surface area contributed by atoms with Gasteiger partial charge in [-0.05, 0) is 13.3 Å². The molecule has 0 saturated carbocycles. The molecule has 1 rings (SSSR count). The summed E-state index contributed by atoms with van der Waals surface area (Å²) in [7, 11) is 0. The van der Waals surface area contributed by atoms with Gasteiger partial charge in [0.15, 0.2) is 0 Å². The average Bonchev–Trinajstić information content (AvgIpc) is 2.06. The second-order valence-electron chi connectivity index (χ2n) is 3.04. The van der Waals surface area contributed by atoms with E-state index in [4.69, 9.17) is 5.26 Å². The van der Waals surface area contributed by atoms with E-state index in [0.717, 1.165) is 13.0 Å². The van der Waals surface area contributed by atoms with E-state index in [1.807, 2.05) is 6.07 Å². The summed E-state index contributed by atoms with van der Waals surface area (Å²) in [6, 6.07) is 2.34. The van der Waals surface area contributed by atoms with Crippen LogP contribution in [0.15, 0.2) is 0 Å². The molecule has 0 bridgehead atoms. The zero-order chi connectivity index (χ0) is 8.97. The van der Waals surface area contributed by atoms with Crippen LogP contribution in [0.5, 0.6) is 0 Å². The molecule has 1 aliphatic heterocycles. The molecule has 0 aromatic carbocycles. The third-order valence-corrected chi connectivity index (χ3v) is 2.05. The van der Waals surface area contributed by atoms with Gasteiger partial charge in [0.05, 0.1) is 12.7 Å². The highest BCUT2D eigenvalue weighted by Crippen LogP contribution is 2.03. The van der Waals surface area contributed by atoms with Crippen LogP contribution in [-0.4, -0.2) is 30.1 Å². The van der Waals surface area contributed by atoms with E-state index in [9.17, 15) is 4.79 Å². The minimum absolute atomic E-state index is 0.00391. The molecular weight excluding hydrogens is 154 g/mol. The maximum absolute atomic E-state index is 11.2. The molecule has 4 nitrogen and oxygen atoms in total. The normalized spacial score (nSPS) is 23.3. The molecule has 1 aliphatic rings. The summed E-state index contributed by atoms with van der Waals surface area (Å²) in [4.78, 5) is 12.9. The molecule has 1 fully saturated rings. The molecule has 1 N–H and O–H groups in total. The fourth-order valence-corrected chi connectivity index (χ4v) is 1.19. The number of nitriles is 1. The fourth-order valence-electron chi connectivity index (χ4n) is 1.19. The lowest BCUT2D eigenvalue weighted by molar-refractivity contribution is -0.131. The first kappa shape index (κ1) is 9.01. The smallest absolute Gasteiger partial charge is 0.237 e. The number of hydrogen-bond acceptors (Lipinski definition) is 3. The molecule has 0 radical (unpaired) electrons. The van der Waals surface area contributed by atoms with Crippen molar-refractivity contribution in [3.8, 4) is 6.07 Å². The van der Waals surface area contributed by atoms with Gasteiger partial charge in [-0.25, -0.2) is 0 Å². The van der Waals surface area contributed by atoms with Crippen LogP contribution in [-0.2, 0) is 4.79 Å². The van der Waals surface area contributed by atoms with Crippen LogP contribution in [0.2, 0.25) is 0 Å². The van der Waals surface area contributed by atoms with E-state index >= 15 is 0 Å². The number of hydrogen-bond donors (Lipinski definition) is 1. The van der Waals surface area contributed by atoms with Crippen molar-refractivity contribution in [3.05, 3.63) is 0 Å². The SMILES string of the molecule is C[C@@H]1CCN(C(=O)CC#N)CN1. The zero-order valence-corrected chi connectivity index (χ0v) is 7.21. The van der Waals surface area contributed by atoms with E-state index in [1.165, 1.54) is 0 Å². The van der Waals surface area contributed by atoms with E-state index in [-0.39, 0.29) is 12.3 Å². The van der Waals surface area contributed by atoms with Crippen molar-refractivity contribution in [1.29, 1.82) is 5.26 Å². The quantitative estimate of drug-likeness (QED) is 0.601. The summed E-state index contributed by atoms with van der Waals surface area (Å²) in [6.45, 7) is 3.45. The van der Waals surface area contributed by atoms with Crippen LogP contribution >= 0.6 is 0 Å². The first-order valence-corrected chi connectivity index (χ1v) is 4.12. The number of rotatable bonds is 1. The molecule has 1 amide bonds. The summed E-state index contributed by atoms with van der Waals surface area (Å²) in [6.07, 6.45) is 0.966. The van der Waals surface area contributed by atoms with Crippen LogP contribution in [0.1, 0.15) is 19.8 Å². The van der Waals surface area contributed by atoms with Gasteiger partial charge < -0.3 is 4.90 Å². The van der Waals surface area contributed by atoms with E-state index in [0.29, 0.717) is 12.7 Å². The maximum atomic E-state index is 11.2. The van der Waals surface area contributed by atoms with Gasteiger partial charge >= 0.3 is 0 Å². The standard InChI is InChI=1S/C8H13N3O/c1-7-3-5-11(6-10-7)8(12)2-4-9/h7,10H,2-3,5-6H2,1H3/t7-/m1/s1. The zero-order valence-electron chi connectivity index (χ0n) is 7.21. The number of nitrogens with zero attached hydrogens (tertiary/aromatic N) is 2. The lowest BCUT2D eigenvalue weighted by Gasteiger charge is -2.30. The Hall–Kier alpha value is -1.08. The second kappa shape index (κ2) is 4.07. The van der Waals surface area contributed by atoms with Crippen LogP contribution in [0.3, 0.4) is 0 Å². The minimum atomic E-state index is -0.0723. The summed E-state index contributed by atoms with van der Waals surface area (Å²) < 4.78 is 0. The molecule has 0 aliphatic carbocycles. The van der Waals surface area contributed by atoms with Gasteiger partial charge in [-0.15, -0.1) is 0 Å². The third kappa shape index (κ3) is 2.21. The lowest BCUT2D eigenvalue weighted by Crippen LogP contribution is -2.48. The maximum Gasteiger partial charge on any atom is 0.237 e. The Labute approximate surface area is 72.2 Å². The number of carbonyl (C=O) groups excluding carboxylic acids is 1. The molecule has 0 spiro atoms. The van der Waals surface area contributed by atoms with Crippen molar-refractivity contribution < 1.29 is 4.79 Å². The van der Waals surface area contributed by atoms with E-state index in [1.54, 1.807) is 4.90 Å². The molecule has 4 heteroatoms. The van der Waals surface area contributed by atoms with E-state index < -0.39 is 0 Å². The molecule has 1 atom stereocenters. The van der Waals surface area contributed by atoms with Crippen LogP contribution in [0, 0.1) is 11.3 Å². The highest BCUT2D eigenvalue weighted by Gasteiger charge is 2.18. The number of carbonyl (C=O) groups is 1. The first-order valence-electron chi connectivity index (χ1n) is 4.12. The average molecular weight is 167 g/mol. The largest absolute Gasteiger partial charge is 0.329 e.